The van der Waals surface area contributed by atoms with Gasteiger partial charge in [-0.2, -0.15) is 4.31 Å². The number of carbonyl (C=O) groups excluding carboxylic acids is 1. The number of hydrogen-bond donors (Lipinski definition) is 0. The molecular weight excluding hydrogens is 388 g/mol. The summed E-state index contributed by atoms with van der Waals surface area (Å²) in [7, 11) is 0.407. The molecule has 0 N–H and O–H groups in total. The zero-order chi connectivity index (χ0) is 21.0. The third kappa shape index (κ3) is 5.02. The Labute approximate surface area is 172 Å². The van der Waals surface area contributed by atoms with Gasteiger partial charge in [-0.15, -0.1) is 0 Å². The van der Waals surface area contributed by atoms with E-state index in [1.54, 1.807) is 35.4 Å². The molecule has 1 aliphatic heterocycles. The second-order valence-electron chi connectivity index (χ2n) is 7.15. The van der Waals surface area contributed by atoms with Crippen molar-refractivity contribution in [1.29, 1.82) is 0 Å². The molecule has 0 aromatic heterocycles. The van der Waals surface area contributed by atoms with Crippen molar-refractivity contribution in [1.82, 2.24) is 9.21 Å². The van der Waals surface area contributed by atoms with E-state index in [1.165, 1.54) is 11.2 Å². The van der Waals surface area contributed by atoms with Crippen LogP contribution in [0.15, 0.2) is 58.4 Å². The predicted octanol–water partition coefficient (Wildman–Crippen LogP) is 2.36. The van der Waals surface area contributed by atoms with Crippen LogP contribution < -0.4 is 4.90 Å². The molecule has 154 valence electrons. The standard InChI is InChI=1S/C21H26N4O3S/c1-17(26)24-12-14-25(15-13-24)29(27,28)21-10-6-19(7-11-21)22-16-18-4-8-20(9-5-18)23(2)3/h4-11,16H,12-15H2,1-3H3/b22-16+. The lowest BCUT2D eigenvalue weighted by atomic mass is 10.2. The van der Waals surface area contributed by atoms with Gasteiger partial charge in [0.2, 0.25) is 15.9 Å². The maximum absolute atomic E-state index is 12.8. The van der Waals surface area contributed by atoms with Gasteiger partial charge in [0.05, 0.1) is 10.6 Å². The van der Waals surface area contributed by atoms with Crippen molar-refractivity contribution in [3.05, 3.63) is 54.1 Å². The Morgan fingerprint density at radius 3 is 2.07 bits per heavy atom. The molecule has 0 unspecified atom stereocenters. The van der Waals surface area contributed by atoms with Crippen molar-refractivity contribution in [3.63, 3.8) is 0 Å². The molecule has 2 aromatic carbocycles. The maximum Gasteiger partial charge on any atom is 0.243 e. The Morgan fingerprint density at radius 2 is 1.55 bits per heavy atom. The fraction of sp³-hybridized carbons (Fsp3) is 0.333. The van der Waals surface area contributed by atoms with Crippen LogP contribution in [0, 0.1) is 0 Å². The lowest BCUT2D eigenvalue weighted by Crippen LogP contribution is -2.49. The molecule has 1 amide bonds. The Kier molecular flexibility index (Phi) is 6.34. The van der Waals surface area contributed by atoms with Crippen LogP contribution in [0.2, 0.25) is 0 Å². The molecular formula is C21H26N4O3S. The molecule has 1 fully saturated rings. The highest BCUT2D eigenvalue weighted by Gasteiger charge is 2.29. The molecule has 1 heterocycles. The van der Waals surface area contributed by atoms with Crippen LogP contribution in [0.25, 0.3) is 0 Å². The summed E-state index contributed by atoms with van der Waals surface area (Å²) in [5.41, 5.74) is 2.76. The average Bonchev–Trinajstić information content (AvgIpc) is 2.73. The minimum Gasteiger partial charge on any atom is -0.378 e. The Morgan fingerprint density at radius 1 is 0.966 bits per heavy atom. The third-order valence-electron chi connectivity index (χ3n) is 4.93. The molecule has 8 heteroatoms. The van der Waals surface area contributed by atoms with Crippen molar-refractivity contribution in [2.45, 2.75) is 11.8 Å². The first-order valence-electron chi connectivity index (χ1n) is 9.44. The SMILES string of the molecule is CC(=O)N1CCN(S(=O)(=O)c2ccc(/N=C/c3ccc(N(C)C)cc3)cc2)CC1. The number of piperazine rings is 1. The van der Waals surface area contributed by atoms with Gasteiger partial charge in [0.1, 0.15) is 0 Å². The summed E-state index contributed by atoms with van der Waals surface area (Å²) in [5.74, 6) is -0.0272. The first kappa shape index (κ1) is 21.0. The fourth-order valence-corrected chi connectivity index (χ4v) is 4.53. The van der Waals surface area contributed by atoms with Crippen LogP contribution in [-0.4, -0.2) is 70.0 Å². The Hall–Kier alpha value is -2.71. The summed E-state index contributed by atoms with van der Waals surface area (Å²) in [5, 5.41) is 0. The molecule has 29 heavy (non-hydrogen) atoms. The quantitative estimate of drug-likeness (QED) is 0.704. The smallest absolute Gasteiger partial charge is 0.243 e. The van der Waals surface area contributed by atoms with E-state index in [1.807, 2.05) is 43.3 Å². The maximum atomic E-state index is 12.8. The number of hydrogen-bond acceptors (Lipinski definition) is 5. The van der Waals surface area contributed by atoms with Gasteiger partial charge in [-0.25, -0.2) is 8.42 Å². The van der Waals surface area contributed by atoms with E-state index in [9.17, 15) is 13.2 Å². The minimum atomic E-state index is -3.57. The van der Waals surface area contributed by atoms with E-state index in [4.69, 9.17) is 0 Å². The van der Waals surface area contributed by atoms with Gasteiger partial charge in [0, 0.05) is 59.1 Å². The van der Waals surface area contributed by atoms with Crippen molar-refractivity contribution < 1.29 is 13.2 Å². The molecule has 1 aliphatic rings. The van der Waals surface area contributed by atoms with E-state index in [2.05, 4.69) is 4.99 Å². The van der Waals surface area contributed by atoms with Gasteiger partial charge in [-0.1, -0.05) is 12.1 Å². The molecule has 0 spiro atoms. The lowest BCUT2D eigenvalue weighted by Gasteiger charge is -2.33. The molecule has 0 saturated carbocycles. The normalized spacial score (nSPS) is 15.6. The van der Waals surface area contributed by atoms with Gasteiger partial charge in [0.25, 0.3) is 0 Å². The van der Waals surface area contributed by atoms with Gasteiger partial charge in [-0.3, -0.25) is 9.79 Å². The number of nitrogens with zero attached hydrogens (tertiary/aromatic N) is 4. The van der Waals surface area contributed by atoms with Crippen molar-refractivity contribution >= 4 is 33.5 Å². The highest BCUT2D eigenvalue weighted by atomic mass is 32.2. The summed E-state index contributed by atoms with van der Waals surface area (Å²) in [6, 6.07) is 14.6. The van der Waals surface area contributed by atoms with Crippen LogP contribution in [0.4, 0.5) is 11.4 Å². The van der Waals surface area contributed by atoms with E-state index in [0.29, 0.717) is 31.9 Å². The molecule has 2 aromatic rings. The van der Waals surface area contributed by atoms with Crippen LogP contribution in [0.5, 0.6) is 0 Å². The predicted molar refractivity (Wildman–Crippen MR) is 115 cm³/mol. The summed E-state index contributed by atoms with van der Waals surface area (Å²) in [6.07, 6.45) is 1.75. The van der Waals surface area contributed by atoms with E-state index < -0.39 is 10.0 Å². The fourth-order valence-electron chi connectivity index (χ4n) is 3.10. The van der Waals surface area contributed by atoms with E-state index >= 15 is 0 Å². The first-order valence-corrected chi connectivity index (χ1v) is 10.9. The average molecular weight is 415 g/mol. The van der Waals surface area contributed by atoms with Crippen molar-refractivity contribution in [2.24, 2.45) is 4.99 Å². The third-order valence-corrected chi connectivity index (χ3v) is 6.84. The number of aliphatic imine (C=N–C) groups is 1. The highest BCUT2D eigenvalue weighted by molar-refractivity contribution is 7.89. The topological polar surface area (TPSA) is 73.3 Å². The summed E-state index contributed by atoms with van der Waals surface area (Å²) in [6.45, 7) is 2.96. The van der Waals surface area contributed by atoms with Crippen molar-refractivity contribution in [2.75, 3.05) is 45.2 Å². The molecule has 3 rings (SSSR count). The Bertz CT molecular complexity index is 976. The van der Waals surface area contributed by atoms with Crippen LogP contribution in [-0.2, 0) is 14.8 Å². The van der Waals surface area contributed by atoms with E-state index in [0.717, 1.165) is 11.3 Å². The minimum absolute atomic E-state index is 0.0272. The zero-order valence-corrected chi connectivity index (χ0v) is 17.8. The molecule has 0 aliphatic carbocycles. The molecule has 0 bridgehead atoms. The summed E-state index contributed by atoms with van der Waals surface area (Å²) < 4.78 is 27.1. The second kappa shape index (κ2) is 8.75. The number of amides is 1. The molecule has 1 saturated heterocycles. The largest absolute Gasteiger partial charge is 0.378 e. The second-order valence-corrected chi connectivity index (χ2v) is 9.09. The molecule has 7 nitrogen and oxygen atoms in total. The number of rotatable bonds is 5. The van der Waals surface area contributed by atoms with Crippen LogP contribution in [0.3, 0.4) is 0 Å². The number of sulfonamides is 1. The molecule has 0 atom stereocenters. The summed E-state index contributed by atoms with van der Waals surface area (Å²) >= 11 is 0. The Balaban J connectivity index is 1.67. The number of anilines is 1. The van der Waals surface area contributed by atoms with Crippen LogP contribution in [0.1, 0.15) is 12.5 Å². The van der Waals surface area contributed by atoms with Gasteiger partial charge >= 0.3 is 0 Å². The van der Waals surface area contributed by atoms with Gasteiger partial charge in [-0.05, 0) is 42.0 Å². The monoisotopic (exact) mass is 414 g/mol. The van der Waals surface area contributed by atoms with Gasteiger partial charge in [0.15, 0.2) is 0 Å². The number of carbonyl (C=O) groups is 1. The van der Waals surface area contributed by atoms with E-state index in [-0.39, 0.29) is 10.8 Å². The molecule has 0 radical (unpaired) electrons. The highest BCUT2D eigenvalue weighted by Crippen LogP contribution is 2.21. The van der Waals surface area contributed by atoms with Crippen molar-refractivity contribution in [3.8, 4) is 0 Å². The lowest BCUT2D eigenvalue weighted by molar-refractivity contribution is -0.129. The number of benzene rings is 2. The first-order chi connectivity index (χ1) is 13.8. The van der Waals surface area contributed by atoms with Gasteiger partial charge < -0.3 is 9.80 Å². The zero-order valence-electron chi connectivity index (χ0n) is 16.9. The summed E-state index contributed by atoms with van der Waals surface area (Å²) in [4.78, 5) is 19.8. The van der Waals surface area contributed by atoms with Crippen LogP contribution >= 0.6 is 0 Å².